The molecule has 1 fully saturated rings. The van der Waals surface area contributed by atoms with Crippen LogP contribution in [0.4, 0.5) is 5.69 Å². The summed E-state index contributed by atoms with van der Waals surface area (Å²) in [5.74, 6) is 0.729. The van der Waals surface area contributed by atoms with Crippen LogP contribution >= 0.6 is 11.6 Å². The van der Waals surface area contributed by atoms with Gasteiger partial charge in [0.15, 0.2) is 5.75 Å². The number of ether oxygens (including phenoxy) is 1. The molecule has 2 rings (SSSR count). The van der Waals surface area contributed by atoms with Gasteiger partial charge in [0.1, 0.15) is 0 Å². The number of aryl methyl sites for hydroxylation is 1. The molecule has 1 unspecified atom stereocenters. The molecule has 0 aliphatic carbocycles. The van der Waals surface area contributed by atoms with Crippen molar-refractivity contribution in [3.8, 4) is 5.75 Å². The number of anilines is 1. The van der Waals surface area contributed by atoms with E-state index in [1.165, 1.54) is 5.56 Å². The molecule has 1 aromatic carbocycles. The third kappa shape index (κ3) is 5.49. The highest BCUT2D eigenvalue weighted by atomic mass is 35.5. The SMILES string of the molecule is CCc1cc(Cl)c(OC)c(N2CCN(CC(O)CCNC=O)CC2)c1. The molecular formula is C18H28ClN3O3. The van der Waals surface area contributed by atoms with Crippen molar-refractivity contribution in [2.24, 2.45) is 0 Å². The number of rotatable bonds is 9. The predicted octanol–water partition coefficient (Wildman–Crippen LogP) is 1.53. The van der Waals surface area contributed by atoms with Crippen molar-refractivity contribution in [3.05, 3.63) is 22.7 Å². The molecule has 140 valence electrons. The largest absolute Gasteiger partial charge is 0.493 e. The number of halogens is 1. The normalized spacial score (nSPS) is 16.6. The fraction of sp³-hybridized carbons (Fsp3) is 0.611. The van der Waals surface area contributed by atoms with Gasteiger partial charge in [0.2, 0.25) is 6.41 Å². The summed E-state index contributed by atoms with van der Waals surface area (Å²) in [6.45, 7) is 6.70. The lowest BCUT2D eigenvalue weighted by atomic mass is 10.1. The van der Waals surface area contributed by atoms with Crippen LogP contribution in [0.25, 0.3) is 0 Å². The smallest absolute Gasteiger partial charge is 0.207 e. The van der Waals surface area contributed by atoms with Crippen LogP contribution in [0.3, 0.4) is 0 Å². The summed E-state index contributed by atoms with van der Waals surface area (Å²) in [6, 6.07) is 4.12. The molecule has 0 aromatic heterocycles. The molecule has 1 amide bonds. The number of hydrogen-bond acceptors (Lipinski definition) is 5. The van der Waals surface area contributed by atoms with Crippen molar-refractivity contribution < 1.29 is 14.6 Å². The Labute approximate surface area is 154 Å². The van der Waals surface area contributed by atoms with Gasteiger partial charge in [-0.2, -0.15) is 0 Å². The first kappa shape index (κ1) is 19.8. The highest BCUT2D eigenvalue weighted by molar-refractivity contribution is 6.32. The fourth-order valence-electron chi connectivity index (χ4n) is 3.14. The Hall–Kier alpha value is -1.50. The van der Waals surface area contributed by atoms with Crippen molar-refractivity contribution >= 4 is 23.7 Å². The first-order chi connectivity index (χ1) is 12.1. The minimum Gasteiger partial charge on any atom is -0.493 e. The first-order valence-electron chi connectivity index (χ1n) is 8.77. The van der Waals surface area contributed by atoms with Crippen LogP contribution in [0.15, 0.2) is 12.1 Å². The third-order valence-electron chi connectivity index (χ3n) is 4.58. The molecule has 1 atom stereocenters. The highest BCUT2D eigenvalue weighted by Gasteiger charge is 2.22. The molecule has 0 radical (unpaired) electrons. The second-order valence-corrected chi connectivity index (χ2v) is 6.69. The summed E-state index contributed by atoms with van der Waals surface area (Å²) < 4.78 is 5.51. The summed E-state index contributed by atoms with van der Waals surface area (Å²) in [4.78, 5) is 14.8. The highest BCUT2D eigenvalue weighted by Crippen LogP contribution is 2.37. The summed E-state index contributed by atoms with van der Waals surface area (Å²) in [6.07, 6.45) is 1.74. The fourth-order valence-corrected chi connectivity index (χ4v) is 3.46. The topological polar surface area (TPSA) is 65.0 Å². The molecule has 2 N–H and O–H groups in total. The van der Waals surface area contributed by atoms with Gasteiger partial charge in [-0.15, -0.1) is 0 Å². The van der Waals surface area contributed by atoms with Gasteiger partial charge in [-0.3, -0.25) is 9.69 Å². The van der Waals surface area contributed by atoms with Crippen LogP contribution in [0.1, 0.15) is 18.9 Å². The molecule has 1 aliphatic heterocycles. The van der Waals surface area contributed by atoms with E-state index < -0.39 is 6.10 Å². The summed E-state index contributed by atoms with van der Waals surface area (Å²) in [5.41, 5.74) is 2.24. The van der Waals surface area contributed by atoms with Gasteiger partial charge < -0.3 is 20.1 Å². The van der Waals surface area contributed by atoms with E-state index in [1.54, 1.807) is 7.11 Å². The first-order valence-corrected chi connectivity index (χ1v) is 9.15. The number of hydrogen-bond donors (Lipinski definition) is 2. The maximum absolute atomic E-state index is 10.2. The maximum atomic E-state index is 10.2. The molecule has 7 heteroatoms. The van der Waals surface area contributed by atoms with Gasteiger partial charge in [0.05, 0.1) is 23.9 Å². The molecule has 0 spiro atoms. The van der Waals surface area contributed by atoms with E-state index in [0.717, 1.165) is 44.0 Å². The number of β-amino-alcohol motifs (C(OH)–C–C–N with tert-alkyl or cyclic N) is 1. The standard InChI is InChI=1S/C18H28ClN3O3/c1-3-14-10-16(19)18(25-2)17(11-14)22-8-6-21(7-9-22)12-15(24)4-5-20-13-23/h10-11,13,15,24H,3-9,12H2,1-2H3,(H,20,23). The lowest BCUT2D eigenvalue weighted by Gasteiger charge is -2.37. The Kier molecular flexibility index (Phi) is 7.81. The van der Waals surface area contributed by atoms with Crippen LogP contribution < -0.4 is 15.0 Å². The monoisotopic (exact) mass is 369 g/mol. The van der Waals surface area contributed by atoms with E-state index in [2.05, 4.69) is 28.1 Å². The summed E-state index contributed by atoms with van der Waals surface area (Å²) in [5, 5.41) is 13.3. The maximum Gasteiger partial charge on any atom is 0.207 e. The van der Waals surface area contributed by atoms with Crippen molar-refractivity contribution in [2.45, 2.75) is 25.9 Å². The number of methoxy groups -OCH3 is 1. The number of aliphatic hydroxyl groups is 1. The van der Waals surface area contributed by atoms with Gasteiger partial charge in [-0.25, -0.2) is 0 Å². The van der Waals surface area contributed by atoms with Crippen molar-refractivity contribution in [2.75, 3.05) is 51.3 Å². The number of nitrogens with one attached hydrogen (secondary N) is 1. The minimum atomic E-state index is -0.425. The quantitative estimate of drug-likeness (QED) is 0.510. The van der Waals surface area contributed by atoms with Gasteiger partial charge >= 0.3 is 0 Å². The Morgan fingerprint density at radius 2 is 2.08 bits per heavy atom. The van der Waals surface area contributed by atoms with Crippen LogP contribution in [0.5, 0.6) is 5.75 Å². The second kappa shape index (κ2) is 9.85. The van der Waals surface area contributed by atoms with E-state index in [0.29, 0.717) is 30.9 Å². The van der Waals surface area contributed by atoms with E-state index >= 15 is 0 Å². The van der Waals surface area contributed by atoms with Crippen LogP contribution in [0, 0.1) is 0 Å². The van der Waals surface area contributed by atoms with E-state index in [-0.39, 0.29) is 0 Å². The molecule has 0 saturated carbocycles. The molecule has 1 aromatic rings. The lowest BCUT2D eigenvalue weighted by molar-refractivity contribution is -0.109. The predicted molar refractivity (Wildman–Crippen MR) is 101 cm³/mol. The second-order valence-electron chi connectivity index (χ2n) is 6.29. The van der Waals surface area contributed by atoms with Crippen LogP contribution in [-0.4, -0.2) is 68.9 Å². The zero-order chi connectivity index (χ0) is 18.2. The zero-order valence-electron chi connectivity index (χ0n) is 15.0. The van der Waals surface area contributed by atoms with Gasteiger partial charge in [-0.1, -0.05) is 18.5 Å². The Bertz CT molecular complexity index is 563. The molecule has 1 aliphatic rings. The van der Waals surface area contributed by atoms with Crippen molar-refractivity contribution in [1.29, 1.82) is 0 Å². The van der Waals surface area contributed by atoms with Crippen LogP contribution in [-0.2, 0) is 11.2 Å². The molecule has 6 nitrogen and oxygen atoms in total. The number of piperazine rings is 1. The zero-order valence-corrected chi connectivity index (χ0v) is 15.8. The lowest BCUT2D eigenvalue weighted by Crippen LogP contribution is -2.49. The Morgan fingerprint density at radius 1 is 1.36 bits per heavy atom. The van der Waals surface area contributed by atoms with Gasteiger partial charge in [0.25, 0.3) is 0 Å². The average Bonchev–Trinajstić information content (AvgIpc) is 2.62. The number of carbonyl (C=O) groups excluding carboxylic acids is 1. The molecule has 1 heterocycles. The molecule has 0 bridgehead atoms. The minimum absolute atomic E-state index is 0.425. The number of benzene rings is 1. The van der Waals surface area contributed by atoms with Crippen molar-refractivity contribution in [3.63, 3.8) is 0 Å². The van der Waals surface area contributed by atoms with Gasteiger partial charge in [0, 0.05) is 39.3 Å². The summed E-state index contributed by atoms with van der Waals surface area (Å²) in [7, 11) is 1.65. The van der Waals surface area contributed by atoms with E-state index in [4.69, 9.17) is 16.3 Å². The average molecular weight is 370 g/mol. The number of aliphatic hydroxyl groups excluding tert-OH is 1. The van der Waals surface area contributed by atoms with Crippen LogP contribution in [0.2, 0.25) is 5.02 Å². The third-order valence-corrected chi connectivity index (χ3v) is 4.86. The Morgan fingerprint density at radius 3 is 2.68 bits per heavy atom. The van der Waals surface area contributed by atoms with E-state index in [9.17, 15) is 9.90 Å². The van der Waals surface area contributed by atoms with E-state index in [1.807, 2.05) is 6.07 Å². The number of carbonyl (C=O) groups is 1. The van der Waals surface area contributed by atoms with Gasteiger partial charge in [-0.05, 0) is 30.5 Å². The van der Waals surface area contributed by atoms with Crippen molar-refractivity contribution in [1.82, 2.24) is 10.2 Å². The summed E-state index contributed by atoms with van der Waals surface area (Å²) >= 11 is 6.36. The number of nitrogens with zero attached hydrogens (tertiary/aromatic N) is 2. The molecular weight excluding hydrogens is 342 g/mol. The number of amides is 1. The molecule has 25 heavy (non-hydrogen) atoms. The Balaban J connectivity index is 1.93. The molecule has 1 saturated heterocycles.